The molecule has 122 valence electrons. The van der Waals surface area contributed by atoms with Gasteiger partial charge in [0.05, 0.1) is 0 Å². The van der Waals surface area contributed by atoms with Gasteiger partial charge in [-0.05, 0) is 56.3 Å². The lowest BCUT2D eigenvalue weighted by molar-refractivity contribution is 0.0277. The molecule has 2 aliphatic carbocycles. The molecule has 1 heterocycles. The topological polar surface area (TPSA) is 15.3 Å². The Labute approximate surface area is 132 Å². The van der Waals surface area contributed by atoms with Crippen LogP contribution in [0.4, 0.5) is 0 Å². The fraction of sp³-hybridized carbons (Fsp3) is 1.00. The van der Waals surface area contributed by atoms with Gasteiger partial charge < -0.3 is 5.32 Å². The number of rotatable bonds is 5. The average Bonchev–Trinajstić information content (AvgIpc) is 3.32. The van der Waals surface area contributed by atoms with E-state index in [0.29, 0.717) is 0 Å². The Hall–Kier alpha value is -0.0800. The molecule has 0 radical (unpaired) electrons. The first kappa shape index (κ1) is 15.8. The smallest absolute Gasteiger partial charge is 0.0247 e. The van der Waals surface area contributed by atoms with Crippen molar-refractivity contribution >= 4 is 0 Å². The van der Waals surface area contributed by atoms with E-state index in [4.69, 9.17) is 0 Å². The Morgan fingerprint density at radius 1 is 1.05 bits per heavy atom. The lowest BCUT2D eigenvalue weighted by Gasteiger charge is -2.48. The zero-order valence-corrected chi connectivity index (χ0v) is 14.5. The van der Waals surface area contributed by atoms with Crippen molar-refractivity contribution in [1.82, 2.24) is 10.2 Å². The lowest BCUT2D eigenvalue weighted by atomic mass is 9.81. The average molecular weight is 293 g/mol. The monoisotopic (exact) mass is 292 g/mol. The van der Waals surface area contributed by atoms with Crippen molar-refractivity contribution in [3.63, 3.8) is 0 Å². The number of nitrogens with one attached hydrogen (secondary N) is 1. The molecule has 2 saturated carbocycles. The van der Waals surface area contributed by atoms with Crippen LogP contribution in [0.5, 0.6) is 0 Å². The maximum atomic E-state index is 3.87. The molecule has 1 saturated heterocycles. The summed E-state index contributed by atoms with van der Waals surface area (Å²) < 4.78 is 0. The highest BCUT2D eigenvalue weighted by atomic mass is 15.3. The van der Waals surface area contributed by atoms with Gasteiger partial charge in [-0.25, -0.2) is 0 Å². The Morgan fingerprint density at radius 2 is 1.76 bits per heavy atom. The molecular weight excluding hydrogens is 256 g/mol. The molecule has 3 aliphatic rings. The van der Waals surface area contributed by atoms with Crippen molar-refractivity contribution in [1.29, 1.82) is 0 Å². The quantitative estimate of drug-likeness (QED) is 0.822. The van der Waals surface area contributed by atoms with Gasteiger partial charge in [0.2, 0.25) is 0 Å². The van der Waals surface area contributed by atoms with Crippen molar-refractivity contribution < 1.29 is 0 Å². The molecule has 0 bridgehead atoms. The molecule has 21 heavy (non-hydrogen) atoms. The third kappa shape index (κ3) is 3.82. The summed E-state index contributed by atoms with van der Waals surface area (Å²) in [6.45, 7) is 9.74. The first-order valence-electron chi connectivity index (χ1n) is 9.68. The molecule has 3 rings (SSSR count). The fourth-order valence-corrected chi connectivity index (χ4v) is 4.84. The summed E-state index contributed by atoms with van der Waals surface area (Å²) >= 11 is 0. The Balaban J connectivity index is 1.59. The van der Waals surface area contributed by atoms with Crippen LogP contribution in [0.3, 0.4) is 0 Å². The summed E-state index contributed by atoms with van der Waals surface area (Å²) in [5, 5.41) is 3.87. The first-order chi connectivity index (χ1) is 10.2. The van der Waals surface area contributed by atoms with Crippen LogP contribution in [0.1, 0.15) is 72.1 Å². The van der Waals surface area contributed by atoms with Crippen LogP contribution in [0.15, 0.2) is 0 Å². The first-order valence-corrected chi connectivity index (χ1v) is 9.68. The fourth-order valence-electron chi connectivity index (χ4n) is 4.84. The molecular formula is C19H36N2. The second-order valence-corrected chi connectivity index (χ2v) is 8.32. The predicted molar refractivity (Wildman–Crippen MR) is 90.5 cm³/mol. The summed E-state index contributed by atoms with van der Waals surface area (Å²) in [5.41, 5.74) is 0. The molecule has 0 amide bonds. The molecule has 2 unspecified atom stereocenters. The third-order valence-corrected chi connectivity index (χ3v) is 6.37. The van der Waals surface area contributed by atoms with E-state index in [1.165, 1.54) is 64.5 Å². The molecule has 1 N–H and O–H groups in total. The Morgan fingerprint density at radius 3 is 2.33 bits per heavy atom. The van der Waals surface area contributed by atoms with Gasteiger partial charge in [-0.1, -0.05) is 33.6 Å². The highest BCUT2D eigenvalue weighted by Crippen LogP contribution is 2.37. The van der Waals surface area contributed by atoms with Crippen molar-refractivity contribution in [2.24, 2.45) is 17.8 Å². The van der Waals surface area contributed by atoms with Gasteiger partial charge in [0.25, 0.3) is 0 Å². The summed E-state index contributed by atoms with van der Waals surface area (Å²) in [4.78, 5) is 2.94. The van der Waals surface area contributed by atoms with E-state index >= 15 is 0 Å². The van der Waals surface area contributed by atoms with Gasteiger partial charge in [0.1, 0.15) is 0 Å². The minimum absolute atomic E-state index is 0.771. The molecule has 0 aromatic heterocycles. The zero-order chi connectivity index (χ0) is 14.8. The minimum Gasteiger partial charge on any atom is -0.311 e. The minimum atomic E-state index is 0.771. The van der Waals surface area contributed by atoms with Gasteiger partial charge in [-0.2, -0.15) is 0 Å². The summed E-state index contributed by atoms with van der Waals surface area (Å²) in [5.74, 6) is 2.81. The third-order valence-electron chi connectivity index (χ3n) is 6.37. The van der Waals surface area contributed by atoms with Crippen LogP contribution < -0.4 is 5.32 Å². The van der Waals surface area contributed by atoms with Crippen molar-refractivity contribution in [3.8, 4) is 0 Å². The maximum absolute atomic E-state index is 3.87. The zero-order valence-electron chi connectivity index (χ0n) is 14.5. The van der Waals surface area contributed by atoms with Gasteiger partial charge in [-0.15, -0.1) is 0 Å². The molecule has 1 aliphatic heterocycles. The largest absolute Gasteiger partial charge is 0.311 e. The van der Waals surface area contributed by atoms with Crippen molar-refractivity contribution in [3.05, 3.63) is 0 Å². The molecule has 0 aromatic rings. The number of hydrogen-bond acceptors (Lipinski definition) is 2. The van der Waals surface area contributed by atoms with Gasteiger partial charge in [0.15, 0.2) is 0 Å². The second-order valence-electron chi connectivity index (χ2n) is 8.32. The van der Waals surface area contributed by atoms with Crippen molar-refractivity contribution in [2.75, 3.05) is 13.1 Å². The summed E-state index contributed by atoms with van der Waals surface area (Å²) in [7, 11) is 0. The van der Waals surface area contributed by atoms with Crippen LogP contribution >= 0.6 is 0 Å². The van der Waals surface area contributed by atoms with E-state index in [1.807, 2.05) is 0 Å². The van der Waals surface area contributed by atoms with E-state index in [-0.39, 0.29) is 0 Å². The van der Waals surface area contributed by atoms with E-state index in [1.54, 1.807) is 0 Å². The van der Waals surface area contributed by atoms with Crippen LogP contribution in [0.2, 0.25) is 0 Å². The lowest BCUT2D eigenvalue weighted by Crippen LogP contribution is -2.62. The molecule has 3 fully saturated rings. The Bertz CT molecular complexity index is 316. The van der Waals surface area contributed by atoms with Gasteiger partial charge in [0, 0.05) is 31.2 Å². The Kier molecular flexibility index (Phi) is 5.27. The molecule has 0 aromatic carbocycles. The predicted octanol–water partition coefficient (Wildman–Crippen LogP) is 4.05. The van der Waals surface area contributed by atoms with Crippen LogP contribution in [0, 0.1) is 17.8 Å². The summed E-state index contributed by atoms with van der Waals surface area (Å²) in [6.07, 6.45) is 11.7. The number of nitrogens with zero attached hydrogens (tertiary/aromatic N) is 1. The molecule has 2 atom stereocenters. The van der Waals surface area contributed by atoms with Crippen LogP contribution in [0.25, 0.3) is 0 Å². The van der Waals surface area contributed by atoms with E-state index in [0.717, 1.165) is 35.9 Å². The molecule has 0 spiro atoms. The number of hydrogen-bond donors (Lipinski definition) is 1. The highest BCUT2D eigenvalue weighted by molar-refractivity contribution is 4.97. The van der Waals surface area contributed by atoms with Gasteiger partial charge in [-0.3, -0.25) is 4.90 Å². The SMILES string of the molecule is CCCC1CCC(N2CC(C3CC3)NCC2C(C)C)CC1. The van der Waals surface area contributed by atoms with E-state index < -0.39 is 0 Å². The molecule has 2 heteroatoms. The van der Waals surface area contributed by atoms with E-state index in [9.17, 15) is 0 Å². The highest BCUT2D eigenvalue weighted by Gasteiger charge is 2.40. The standard InChI is InChI=1S/C19H36N2/c1-4-5-15-6-10-17(11-7-15)21-13-18(16-8-9-16)20-12-19(21)14(2)3/h14-20H,4-13H2,1-3H3. The van der Waals surface area contributed by atoms with Crippen LogP contribution in [-0.2, 0) is 0 Å². The van der Waals surface area contributed by atoms with E-state index in [2.05, 4.69) is 31.0 Å². The maximum Gasteiger partial charge on any atom is 0.0247 e. The van der Waals surface area contributed by atoms with Crippen LogP contribution in [-0.4, -0.2) is 36.1 Å². The van der Waals surface area contributed by atoms with Crippen molar-refractivity contribution in [2.45, 2.75) is 90.3 Å². The normalized spacial score (nSPS) is 38.9. The second kappa shape index (κ2) is 7.00. The molecule has 2 nitrogen and oxygen atoms in total. The van der Waals surface area contributed by atoms with Gasteiger partial charge >= 0.3 is 0 Å². The number of piperazine rings is 1. The summed E-state index contributed by atoms with van der Waals surface area (Å²) in [6, 6.07) is 2.45.